The standard InChI is InChI=1S/C12H11ClN2O2/c1-7-9(13)4-3-5-11(7)15-6-10(12(16)17)14-8(15)2/h3-6H,1-2H3,(H,16,17). The first-order chi connectivity index (χ1) is 8.00. The van der Waals surface area contributed by atoms with Crippen LogP contribution < -0.4 is 0 Å². The van der Waals surface area contributed by atoms with Crippen LogP contribution in [0.25, 0.3) is 5.69 Å². The minimum absolute atomic E-state index is 0.0295. The molecule has 1 aromatic carbocycles. The normalized spacial score (nSPS) is 10.5. The Kier molecular flexibility index (Phi) is 2.90. The molecule has 2 rings (SSSR count). The number of aromatic nitrogens is 2. The zero-order valence-corrected chi connectivity index (χ0v) is 10.2. The van der Waals surface area contributed by atoms with Crippen LogP contribution in [0.2, 0.25) is 5.02 Å². The summed E-state index contributed by atoms with van der Waals surface area (Å²) in [5, 5.41) is 9.54. The van der Waals surface area contributed by atoms with E-state index in [2.05, 4.69) is 4.98 Å². The first-order valence-corrected chi connectivity index (χ1v) is 5.43. The molecule has 0 bridgehead atoms. The maximum atomic E-state index is 10.8. The molecular formula is C12H11ClN2O2. The highest BCUT2D eigenvalue weighted by atomic mass is 35.5. The summed E-state index contributed by atoms with van der Waals surface area (Å²) in [4.78, 5) is 14.8. The number of halogens is 1. The Hall–Kier alpha value is -1.81. The van der Waals surface area contributed by atoms with E-state index in [4.69, 9.17) is 16.7 Å². The molecule has 0 aliphatic carbocycles. The Morgan fingerprint density at radius 2 is 2.12 bits per heavy atom. The topological polar surface area (TPSA) is 55.1 Å². The quantitative estimate of drug-likeness (QED) is 0.892. The van der Waals surface area contributed by atoms with Gasteiger partial charge in [0.25, 0.3) is 0 Å². The van der Waals surface area contributed by atoms with Gasteiger partial charge in [0, 0.05) is 11.2 Å². The lowest BCUT2D eigenvalue weighted by Gasteiger charge is -2.09. The maximum absolute atomic E-state index is 10.8. The average Bonchev–Trinajstić information content (AvgIpc) is 2.65. The largest absolute Gasteiger partial charge is 0.476 e. The zero-order chi connectivity index (χ0) is 12.6. The van der Waals surface area contributed by atoms with Crippen molar-refractivity contribution in [2.24, 2.45) is 0 Å². The second-order valence-corrected chi connectivity index (χ2v) is 4.14. The van der Waals surface area contributed by atoms with E-state index in [1.165, 1.54) is 6.20 Å². The van der Waals surface area contributed by atoms with Crippen LogP contribution in [0, 0.1) is 13.8 Å². The number of carboxylic acids is 1. The number of hydrogen-bond donors (Lipinski definition) is 1. The van der Waals surface area contributed by atoms with Crippen molar-refractivity contribution < 1.29 is 9.90 Å². The third-order valence-corrected chi connectivity index (χ3v) is 3.01. The minimum Gasteiger partial charge on any atom is -0.476 e. The molecule has 0 amide bonds. The molecule has 1 N–H and O–H groups in total. The lowest BCUT2D eigenvalue weighted by Crippen LogP contribution is -1.98. The number of benzene rings is 1. The van der Waals surface area contributed by atoms with Gasteiger partial charge in [0.15, 0.2) is 5.69 Å². The van der Waals surface area contributed by atoms with Gasteiger partial charge in [-0.05, 0) is 31.5 Å². The van der Waals surface area contributed by atoms with Crippen LogP contribution in [-0.4, -0.2) is 20.6 Å². The number of carboxylic acid groups (broad SMARTS) is 1. The predicted molar refractivity (Wildman–Crippen MR) is 65.0 cm³/mol. The molecule has 5 heteroatoms. The van der Waals surface area contributed by atoms with Gasteiger partial charge in [0.1, 0.15) is 5.82 Å². The third-order valence-electron chi connectivity index (χ3n) is 2.60. The molecule has 0 saturated heterocycles. The highest BCUT2D eigenvalue weighted by Crippen LogP contribution is 2.23. The molecule has 0 aliphatic rings. The molecule has 88 valence electrons. The van der Waals surface area contributed by atoms with Crippen LogP contribution in [0.3, 0.4) is 0 Å². The summed E-state index contributed by atoms with van der Waals surface area (Å²) in [5.74, 6) is -0.417. The molecule has 0 atom stereocenters. The predicted octanol–water partition coefficient (Wildman–Crippen LogP) is 2.84. The van der Waals surface area contributed by atoms with E-state index in [-0.39, 0.29) is 5.69 Å². The van der Waals surface area contributed by atoms with Crippen molar-refractivity contribution in [3.8, 4) is 5.69 Å². The number of aryl methyl sites for hydroxylation is 1. The lowest BCUT2D eigenvalue weighted by atomic mass is 10.2. The van der Waals surface area contributed by atoms with E-state index in [1.54, 1.807) is 17.6 Å². The van der Waals surface area contributed by atoms with Gasteiger partial charge < -0.3 is 9.67 Å². The van der Waals surface area contributed by atoms with Crippen molar-refractivity contribution >= 4 is 17.6 Å². The van der Waals surface area contributed by atoms with Gasteiger partial charge >= 0.3 is 5.97 Å². The van der Waals surface area contributed by atoms with Crippen molar-refractivity contribution in [3.63, 3.8) is 0 Å². The van der Waals surface area contributed by atoms with Gasteiger partial charge in [0.2, 0.25) is 0 Å². The van der Waals surface area contributed by atoms with E-state index >= 15 is 0 Å². The molecule has 1 heterocycles. The Bertz CT molecular complexity index is 590. The smallest absolute Gasteiger partial charge is 0.356 e. The molecule has 17 heavy (non-hydrogen) atoms. The van der Waals surface area contributed by atoms with Crippen LogP contribution in [0.5, 0.6) is 0 Å². The van der Waals surface area contributed by atoms with Crippen molar-refractivity contribution in [2.45, 2.75) is 13.8 Å². The molecule has 0 aliphatic heterocycles. The van der Waals surface area contributed by atoms with Crippen LogP contribution in [0.4, 0.5) is 0 Å². The Morgan fingerprint density at radius 3 is 2.71 bits per heavy atom. The average molecular weight is 251 g/mol. The monoisotopic (exact) mass is 250 g/mol. The lowest BCUT2D eigenvalue weighted by molar-refractivity contribution is 0.0691. The fourth-order valence-electron chi connectivity index (χ4n) is 1.68. The first-order valence-electron chi connectivity index (χ1n) is 5.05. The van der Waals surface area contributed by atoms with Crippen LogP contribution in [0.15, 0.2) is 24.4 Å². The summed E-state index contributed by atoms with van der Waals surface area (Å²) in [7, 11) is 0. The Morgan fingerprint density at radius 1 is 1.41 bits per heavy atom. The number of imidazole rings is 1. The molecule has 0 unspecified atom stereocenters. The Labute approximate surface area is 103 Å². The summed E-state index contributed by atoms with van der Waals surface area (Å²) < 4.78 is 1.73. The number of rotatable bonds is 2. The highest BCUT2D eigenvalue weighted by molar-refractivity contribution is 6.31. The second-order valence-electron chi connectivity index (χ2n) is 3.73. The fourth-order valence-corrected chi connectivity index (χ4v) is 1.85. The summed E-state index contributed by atoms with van der Waals surface area (Å²) >= 11 is 6.04. The summed E-state index contributed by atoms with van der Waals surface area (Å²) in [5.41, 5.74) is 1.77. The Balaban J connectivity index is 2.60. The van der Waals surface area contributed by atoms with Crippen molar-refractivity contribution in [2.75, 3.05) is 0 Å². The van der Waals surface area contributed by atoms with Crippen molar-refractivity contribution in [3.05, 3.63) is 46.5 Å². The number of nitrogens with zero attached hydrogens (tertiary/aromatic N) is 2. The second kappa shape index (κ2) is 4.22. The summed E-state index contributed by atoms with van der Waals surface area (Å²) in [6.07, 6.45) is 1.50. The van der Waals surface area contributed by atoms with Gasteiger partial charge in [-0.15, -0.1) is 0 Å². The first kappa shape index (κ1) is 11.7. The zero-order valence-electron chi connectivity index (χ0n) is 9.44. The summed E-state index contributed by atoms with van der Waals surface area (Å²) in [6.45, 7) is 3.64. The molecule has 0 fully saturated rings. The third kappa shape index (κ3) is 2.03. The van der Waals surface area contributed by atoms with Gasteiger partial charge in [-0.2, -0.15) is 0 Å². The van der Waals surface area contributed by atoms with Gasteiger partial charge in [-0.25, -0.2) is 9.78 Å². The summed E-state index contributed by atoms with van der Waals surface area (Å²) in [6, 6.07) is 5.50. The highest BCUT2D eigenvalue weighted by Gasteiger charge is 2.13. The van der Waals surface area contributed by atoms with Crippen molar-refractivity contribution in [1.29, 1.82) is 0 Å². The molecule has 1 aromatic heterocycles. The van der Waals surface area contributed by atoms with Crippen LogP contribution >= 0.6 is 11.6 Å². The minimum atomic E-state index is -1.04. The number of aromatic carboxylic acids is 1. The van der Waals surface area contributed by atoms with E-state index in [1.807, 2.05) is 19.1 Å². The molecular weight excluding hydrogens is 240 g/mol. The van der Waals surface area contributed by atoms with Gasteiger partial charge in [-0.3, -0.25) is 0 Å². The van der Waals surface area contributed by atoms with E-state index in [0.717, 1.165) is 11.3 Å². The maximum Gasteiger partial charge on any atom is 0.356 e. The number of hydrogen-bond acceptors (Lipinski definition) is 2. The van der Waals surface area contributed by atoms with E-state index in [0.29, 0.717) is 10.8 Å². The molecule has 4 nitrogen and oxygen atoms in total. The number of carbonyl (C=O) groups is 1. The molecule has 0 spiro atoms. The van der Waals surface area contributed by atoms with E-state index in [9.17, 15) is 4.79 Å². The van der Waals surface area contributed by atoms with Crippen molar-refractivity contribution in [1.82, 2.24) is 9.55 Å². The van der Waals surface area contributed by atoms with Gasteiger partial charge in [-0.1, -0.05) is 17.7 Å². The SMILES string of the molecule is Cc1c(Cl)cccc1-n1cc(C(=O)O)nc1C. The van der Waals surface area contributed by atoms with Gasteiger partial charge in [0.05, 0.1) is 5.69 Å². The molecule has 0 radical (unpaired) electrons. The van der Waals surface area contributed by atoms with E-state index < -0.39 is 5.97 Å². The molecule has 2 aromatic rings. The molecule has 0 saturated carbocycles. The fraction of sp³-hybridized carbons (Fsp3) is 0.167. The van der Waals surface area contributed by atoms with Crippen LogP contribution in [-0.2, 0) is 0 Å². The van der Waals surface area contributed by atoms with Crippen LogP contribution in [0.1, 0.15) is 21.9 Å².